The number of alkyl halides is 3. The molecule has 36 heavy (non-hydrogen) atoms. The van der Waals surface area contributed by atoms with Gasteiger partial charge in [0.1, 0.15) is 17.5 Å². The van der Waals surface area contributed by atoms with E-state index in [1.807, 2.05) is 24.3 Å². The third-order valence-corrected chi connectivity index (χ3v) is 5.84. The zero-order chi connectivity index (χ0) is 25.9. The molecule has 0 radical (unpaired) electrons. The molecule has 0 N–H and O–H groups in total. The number of benzene rings is 4. The second-order valence-electron chi connectivity index (χ2n) is 8.45. The van der Waals surface area contributed by atoms with Crippen LogP contribution in [0.25, 0.3) is 39.5 Å². The normalized spacial score (nSPS) is 11.9. The molecule has 0 bridgehead atoms. The Balaban J connectivity index is 1.57. The maximum atomic E-state index is 14.9. The van der Waals surface area contributed by atoms with Crippen molar-refractivity contribution < 1.29 is 26.3 Å². The van der Waals surface area contributed by atoms with Gasteiger partial charge in [0.25, 0.3) is 0 Å². The molecule has 0 aromatic heterocycles. The summed E-state index contributed by atoms with van der Waals surface area (Å²) < 4.78 is 80.6. The number of allylic oxidation sites excluding steroid dienone is 1. The van der Waals surface area contributed by atoms with Crippen molar-refractivity contribution in [2.24, 2.45) is 0 Å². The van der Waals surface area contributed by atoms with Gasteiger partial charge in [0, 0.05) is 17.2 Å². The lowest BCUT2D eigenvalue weighted by Crippen LogP contribution is -2.01. The van der Waals surface area contributed by atoms with Crippen LogP contribution in [-0.2, 0) is 6.42 Å². The van der Waals surface area contributed by atoms with Crippen LogP contribution in [0.3, 0.4) is 0 Å². The summed E-state index contributed by atoms with van der Waals surface area (Å²) in [5, 5.41) is 0. The highest BCUT2D eigenvalue weighted by molar-refractivity contribution is 5.74. The Morgan fingerprint density at radius 2 is 1.08 bits per heavy atom. The topological polar surface area (TPSA) is 0 Å². The quantitative estimate of drug-likeness (QED) is 0.233. The molecule has 0 amide bonds. The van der Waals surface area contributed by atoms with Gasteiger partial charge in [0.15, 0.2) is 0 Å². The number of hydrogen-bond donors (Lipinski definition) is 0. The Morgan fingerprint density at radius 1 is 0.611 bits per heavy atom. The average Bonchev–Trinajstić information content (AvgIpc) is 2.83. The molecule has 0 saturated heterocycles. The van der Waals surface area contributed by atoms with Gasteiger partial charge in [-0.15, -0.1) is 0 Å². The second-order valence-corrected chi connectivity index (χ2v) is 8.45. The zero-order valence-electron chi connectivity index (χ0n) is 19.3. The molecule has 0 saturated carbocycles. The maximum absolute atomic E-state index is 14.9. The van der Waals surface area contributed by atoms with E-state index in [9.17, 15) is 26.3 Å². The molecule has 4 rings (SSSR count). The number of hydrogen-bond acceptors (Lipinski definition) is 0. The van der Waals surface area contributed by atoms with Crippen LogP contribution < -0.4 is 0 Å². The SMILES string of the molecule is CCCc1ccc(-c2ccc(-c3ccc(-c4cc(F)c(/C=C/C(F)(F)F)c(F)c4)c(F)c3)cc2)cc1. The molecule has 0 unspecified atom stereocenters. The summed E-state index contributed by atoms with van der Waals surface area (Å²) in [5.41, 5.74) is 3.69. The van der Waals surface area contributed by atoms with Crippen LogP contribution in [0.2, 0.25) is 0 Å². The van der Waals surface area contributed by atoms with Gasteiger partial charge in [-0.05, 0) is 64.1 Å². The van der Waals surface area contributed by atoms with E-state index in [0.29, 0.717) is 11.6 Å². The van der Waals surface area contributed by atoms with E-state index >= 15 is 0 Å². The first-order valence-electron chi connectivity index (χ1n) is 11.4. The molecular weight excluding hydrogens is 474 g/mol. The van der Waals surface area contributed by atoms with Crippen molar-refractivity contribution in [2.45, 2.75) is 25.9 Å². The number of rotatable bonds is 6. The average molecular weight is 496 g/mol. The molecular formula is C30H22F6. The van der Waals surface area contributed by atoms with Crippen molar-refractivity contribution >= 4 is 6.08 Å². The molecule has 0 spiro atoms. The lowest BCUT2D eigenvalue weighted by atomic mass is 9.96. The predicted molar refractivity (Wildman–Crippen MR) is 132 cm³/mol. The van der Waals surface area contributed by atoms with Gasteiger partial charge in [0.2, 0.25) is 0 Å². The van der Waals surface area contributed by atoms with Crippen molar-refractivity contribution in [3.63, 3.8) is 0 Å². The highest BCUT2D eigenvalue weighted by Crippen LogP contribution is 2.32. The van der Waals surface area contributed by atoms with Crippen LogP contribution in [0.5, 0.6) is 0 Å². The largest absolute Gasteiger partial charge is 0.409 e. The summed E-state index contributed by atoms with van der Waals surface area (Å²) in [6.07, 6.45) is -2.54. The van der Waals surface area contributed by atoms with Gasteiger partial charge in [-0.1, -0.05) is 74.0 Å². The molecule has 0 nitrogen and oxygen atoms in total. The highest BCUT2D eigenvalue weighted by Gasteiger charge is 2.23. The van der Waals surface area contributed by atoms with Crippen LogP contribution in [-0.4, -0.2) is 6.18 Å². The fraction of sp³-hybridized carbons (Fsp3) is 0.133. The minimum atomic E-state index is -4.71. The Morgan fingerprint density at radius 3 is 1.58 bits per heavy atom. The molecule has 4 aromatic rings. The van der Waals surface area contributed by atoms with Crippen LogP contribution in [0.15, 0.2) is 84.9 Å². The first-order chi connectivity index (χ1) is 17.1. The molecule has 0 aliphatic heterocycles. The number of halogens is 6. The minimum absolute atomic E-state index is 0.0632. The Hall–Kier alpha value is -3.80. The summed E-state index contributed by atoms with van der Waals surface area (Å²) in [5.74, 6) is -3.14. The molecule has 0 heterocycles. The summed E-state index contributed by atoms with van der Waals surface area (Å²) >= 11 is 0. The fourth-order valence-corrected chi connectivity index (χ4v) is 4.01. The van der Waals surface area contributed by atoms with Crippen molar-refractivity contribution in [1.29, 1.82) is 0 Å². The first-order valence-corrected chi connectivity index (χ1v) is 11.4. The molecule has 4 aromatic carbocycles. The van der Waals surface area contributed by atoms with E-state index in [-0.39, 0.29) is 17.2 Å². The first kappa shape index (κ1) is 25.3. The lowest BCUT2D eigenvalue weighted by Gasteiger charge is -2.10. The van der Waals surface area contributed by atoms with Gasteiger partial charge in [-0.2, -0.15) is 13.2 Å². The van der Waals surface area contributed by atoms with Gasteiger partial charge < -0.3 is 0 Å². The Bertz CT molecular complexity index is 1360. The zero-order valence-corrected chi connectivity index (χ0v) is 19.3. The standard InChI is InChI=1S/C30H22F6/c1-2-3-19-4-6-20(7-5-19)21-8-10-22(11-9-21)23-12-13-25(27(31)16-23)24-17-28(32)26(29(33)18-24)14-15-30(34,35)36/h4-18H,2-3H2,1H3/b15-14+. The summed E-state index contributed by atoms with van der Waals surface area (Å²) in [6.45, 7) is 2.13. The summed E-state index contributed by atoms with van der Waals surface area (Å²) in [7, 11) is 0. The van der Waals surface area contributed by atoms with Gasteiger partial charge in [-0.25, -0.2) is 13.2 Å². The third kappa shape index (κ3) is 5.88. The molecule has 0 atom stereocenters. The lowest BCUT2D eigenvalue weighted by molar-refractivity contribution is -0.0790. The predicted octanol–water partition coefficient (Wildman–Crippen LogP) is 9.63. The van der Waals surface area contributed by atoms with Crippen molar-refractivity contribution in [1.82, 2.24) is 0 Å². The molecule has 6 heteroatoms. The van der Waals surface area contributed by atoms with Crippen molar-refractivity contribution in [2.75, 3.05) is 0 Å². The minimum Gasteiger partial charge on any atom is -0.206 e. The van der Waals surface area contributed by atoms with Crippen LogP contribution in [0.1, 0.15) is 24.5 Å². The third-order valence-electron chi connectivity index (χ3n) is 5.84. The highest BCUT2D eigenvalue weighted by atomic mass is 19.4. The van der Waals surface area contributed by atoms with Crippen molar-refractivity contribution in [3.8, 4) is 33.4 Å². The van der Waals surface area contributed by atoms with Crippen molar-refractivity contribution in [3.05, 3.63) is 114 Å². The van der Waals surface area contributed by atoms with Gasteiger partial charge in [0.05, 0.1) is 0 Å². The van der Waals surface area contributed by atoms with E-state index in [1.165, 1.54) is 17.7 Å². The maximum Gasteiger partial charge on any atom is 0.409 e. The van der Waals surface area contributed by atoms with E-state index in [1.54, 1.807) is 6.07 Å². The van der Waals surface area contributed by atoms with E-state index in [2.05, 4.69) is 31.2 Å². The monoisotopic (exact) mass is 496 g/mol. The molecule has 184 valence electrons. The fourth-order valence-electron chi connectivity index (χ4n) is 4.01. The smallest absolute Gasteiger partial charge is 0.206 e. The summed E-state index contributed by atoms with van der Waals surface area (Å²) in [6, 6.07) is 21.9. The second kappa shape index (κ2) is 10.4. The van der Waals surface area contributed by atoms with Gasteiger partial charge in [-0.3, -0.25) is 0 Å². The summed E-state index contributed by atoms with van der Waals surface area (Å²) in [4.78, 5) is 0. The Kier molecular flexibility index (Phi) is 7.34. The van der Waals surface area contributed by atoms with Crippen LogP contribution in [0.4, 0.5) is 26.3 Å². The Labute approximate surface area is 205 Å². The van der Waals surface area contributed by atoms with E-state index in [4.69, 9.17) is 0 Å². The van der Waals surface area contributed by atoms with E-state index < -0.39 is 29.2 Å². The molecule has 0 fully saturated rings. The van der Waals surface area contributed by atoms with Crippen LogP contribution in [0, 0.1) is 17.5 Å². The molecule has 0 aliphatic rings. The van der Waals surface area contributed by atoms with Gasteiger partial charge >= 0.3 is 6.18 Å². The molecule has 0 aliphatic carbocycles. The van der Waals surface area contributed by atoms with E-state index in [0.717, 1.165) is 41.7 Å². The van der Waals surface area contributed by atoms with Crippen LogP contribution >= 0.6 is 0 Å². The number of aryl methyl sites for hydroxylation is 1.